The lowest BCUT2D eigenvalue weighted by Crippen LogP contribution is -2.12. The van der Waals surface area contributed by atoms with Crippen molar-refractivity contribution in [2.75, 3.05) is 5.32 Å². The van der Waals surface area contributed by atoms with Gasteiger partial charge in [-0.1, -0.05) is 17.3 Å². The first-order valence-electron chi connectivity index (χ1n) is 7.67. The zero-order valence-corrected chi connectivity index (χ0v) is 13.5. The van der Waals surface area contributed by atoms with Crippen LogP contribution in [0.4, 0.5) is 19.3 Å². The van der Waals surface area contributed by atoms with Gasteiger partial charge in [-0.2, -0.15) is 0 Å². The van der Waals surface area contributed by atoms with Crippen LogP contribution < -0.4 is 11.1 Å². The van der Waals surface area contributed by atoms with Crippen molar-refractivity contribution < 1.29 is 22.8 Å². The van der Waals surface area contributed by atoms with E-state index < -0.39 is 17.7 Å². The second-order valence-electron chi connectivity index (χ2n) is 5.45. The van der Waals surface area contributed by atoms with Crippen molar-refractivity contribution >= 4 is 11.8 Å². The first kappa shape index (κ1) is 17.4. The van der Waals surface area contributed by atoms with Gasteiger partial charge >= 0.3 is 6.09 Å². The number of nitrogens with two attached hydrogens (primary N) is 1. The quantitative estimate of drug-likeness (QED) is 0.698. The second-order valence-corrected chi connectivity index (χ2v) is 5.45. The second kappa shape index (κ2) is 7.64. The minimum absolute atomic E-state index is 0.0961. The summed E-state index contributed by atoms with van der Waals surface area (Å²) in [6, 6.07) is 12.1. The Bertz CT molecular complexity index is 910. The number of amides is 1. The summed E-state index contributed by atoms with van der Waals surface area (Å²) in [5.41, 5.74) is 7.21. The number of anilines is 1. The van der Waals surface area contributed by atoms with E-state index in [1.54, 1.807) is 30.3 Å². The molecule has 0 fully saturated rings. The maximum atomic E-state index is 13.6. The average Bonchev–Trinajstić information content (AvgIpc) is 3.10. The average molecular weight is 359 g/mol. The highest BCUT2D eigenvalue weighted by atomic mass is 19.1. The number of hydrogen-bond donors (Lipinski definition) is 2. The van der Waals surface area contributed by atoms with Gasteiger partial charge in [-0.3, -0.25) is 0 Å². The van der Waals surface area contributed by atoms with Gasteiger partial charge in [0.25, 0.3) is 0 Å². The fourth-order valence-corrected chi connectivity index (χ4v) is 2.29. The smallest absolute Gasteiger partial charge is 0.404 e. The van der Waals surface area contributed by atoms with Crippen molar-refractivity contribution in [1.82, 2.24) is 5.16 Å². The molecule has 0 radical (unpaired) electrons. The fourth-order valence-electron chi connectivity index (χ4n) is 2.29. The largest absolute Gasteiger partial charge is 0.441 e. The van der Waals surface area contributed by atoms with Crippen LogP contribution in [0.3, 0.4) is 0 Å². The van der Waals surface area contributed by atoms with Crippen LogP contribution in [0.25, 0.3) is 11.3 Å². The van der Waals surface area contributed by atoms with Gasteiger partial charge < -0.3 is 20.3 Å². The Kier molecular flexibility index (Phi) is 5.12. The van der Waals surface area contributed by atoms with Crippen LogP contribution in [-0.2, 0) is 17.9 Å². The Morgan fingerprint density at radius 3 is 2.65 bits per heavy atom. The minimum atomic E-state index is -0.895. The summed E-state index contributed by atoms with van der Waals surface area (Å²) in [5.74, 6) is -0.591. The number of carbonyl (C=O) groups excluding carboxylic acids is 1. The molecule has 0 aliphatic carbocycles. The van der Waals surface area contributed by atoms with Gasteiger partial charge in [-0.25, -0.2) is 13.6 Å². The highest BCUT2D eigenvalue weighted by molar-refractivity contribution is 5.65. The third-order valence-corrected chi connectivity index (χ3v) is 3.59. The Labute approximate surface area is 147 Å². The van der Waals surface area contributed by atoms with Crippen molar-refractivity contribution in [3.05, 3.63) is 71.5 Å². The molecule has 3 aromatic rings. The van der Waals surface area contributed by atoms with E-state index in [2.05, 4.69) is 15.2 Å². The Morgan fingerprint density at radius 2 is 1.92 bits per heavy atom. The maximum Gasteiger partial charge on any atom is 0.404 e. The molecule has 0 saturated carbocycles. The predicted octanol–water partition coefficient (Wildman–Crippen LogP) is 3.83. The molecule has 26 heavy (non-hydrogen) atoms. The van der Waals surface area contributed by atoms with Crippen molar-refractivity contribution in [3.63, 3.8) is 0 Å². The molecule has 2 aromatic carbocycles. The summed E-state index contributed by atoms with van der Waals surface area (Å²) < 4.78 is 36.5. The SMILES string of the molecule is NC(=O)OCc1cc(-c2ccc(NCc3cc(F)ccc3F)cc2)no1. The molecule has 1 heterocycles. The van der Waals surface area contributed by atoms with Gasteiger partial charge in [-0.05, 0) is 30.3 Å². The number of halogens is 2. The van der Waals surface area contributed by atoms with E-state index in [4.69, 9.17) is 10.3 Å². The van der Waals surface area contributed by atoms with E-state index in [1.807, 2.05) is 0 Å². The summed E-state index contributed by atoms with van der Waals surface area (Å²) in [6.45, 7) is 0.0582. The molecular weight excluding hydrogens is 344 g/mol. The lowest BCUT2D eigenvalue weighted by molar-refractivity contribution is 0.137. The molecule has 0 saturated heterocycles. The van der Waals surface area contributed by atoms with Crippen LogP contribution in [0.2, 0.25) is 0 Å². The third kappa shape index (κ3) is 4.35. The van der Waals surface area contributed by atoms with Crippen LogP contribution in [0.15, 0.2) is 53.1 Å². The van der Waals surface area contributed by atoms with Crippen molar-refractivity contribution in [2.45, 2.75) is 13.2 Å². The Morgan fingerprint density at radius 1 is 1.15 bits per heavy atom. The number of benzene rings is 2. The van der Waals surface area contributed by atoms with Gasteiger partial charge in [0.15, 0.2) is 12.4 Å². The summed E-state index contributed by atoms with van der Waals surface area (Å²) in [6.07, 6.45) is -0.895. The zero-order chi connectivity index (χ0) is 18.5. The van der Waals surface area contributed by atoms with E-state index in [1.165, 1.54) is 0 Å². The number of nitrogens with one attached hydrogen (secondary N) is 1. The van der Waals surface area contributed by atoms with Crippen molar-refractivity contribution in [2.24, 2.45) is 5.73 Å². The summed E-state index contributed by atoms with van der Waals surface area (Å²) in [4.78, 5) is 10.6. The lowest BCUT2D eigenvalue weighted by Gasteiger charge is -2.08. The summed E-state index contributed by atoms with van der Waals surface area (Å²) >= 11 is 0. The number of primary amides is 1. The third-order valence-electron chi connectivity index (χ3n) is 3.59. The van der Waals surface area contributed by atoms with E-state index in [0.717, 1.165) is 29.4 Å². The number of aromatic nitrogens is 1. The van der Waals surface area contributed by atoms with Crippen molar-refractivity contribution in [3.8, 4) is 11.3 Å². The normalized spacial score (nSPS) is 10.5. The molecule has 1 aromatic heterocycles. The molecule has 8 heteroatoms. The van der Waals surface area contributed by atoms with E-state index in [0.29, 0.717) is 11.5 Å². The first-order valence-corrected chi connectivity index (χ1v) is 7.67. The van der Waals surface area contributed by atoms with E-state index in [9.17, 15) is 13.6 Å². The topological polar surface area (TPSA) is 90.4 Å². The first-order chi connectivity index (χ1) is 12.5. The van der Waals surface area contributed by atoms with Crippen LogP contribution in [0.5, 0.6) is 0 Å². The molecule has 0 bridgehead atoms. The van der Waals surface area contributed by atoms with Gasteiger partial charge in [0.1, 0.15) is 17.3 Å². The molecule has 134 valence electrons. The fraction of sp³-hybridized carbons (Fsp3) is 0.111. The van der Waals surface area contributed by atoms with Gasteiger partial charge in [0.05, 0.1) is 0 Å². The van der Waals surface area contributed by atoms with Crippen molar-refractivity contribution in [1.29, 1.82) is 0 Å². The van der Waals surface area contributed by atoms with Gasteiger partial charge in [-0.15, -0.1) is 0 Å². The highest BCUT2D eigenvalue weighted by Gasteiger charge is 2.08. The standard InChI is InChI=1S/C18H15F2N3O3/c19-13-3-6-16(20)12(7-13)9-22-14-4-1-11(2-5-14)17-8-15(26-23-17)10-25-18(21)24/h1-8,22H,9-10H2,(H2,21,24). The molecule has 3 N–H and O–H groups in total. The maximum absolute atomic E-state index is 13.6. The molecule has 6 nitrogen and oxygen atoms in total. The molecule has 0 unspecified atom stereocenters. The number of hydrogen-bond acceptors (Lipinski definition) is 5. The predicted molar refractivity (Wildman–Crippen MR) is 90.0 cm³/mol. The molecule has 0 spiro atoms. The number of ether oxygens (including phenoxy) is 1. The Balaban J connectivity index is 1.63. The number of carbonyl (C=O) groups is 1. The highest BCUT2D eigenvalue weighted by Crippen LogP contribution is 2.22. The molecule has 3 rings (SSSR count). The van der Waals surface area contributed by atoms with Gasteiger partial charge in [0, 0.05) is 29.4 Å². The number of nitrogens with zero attached hydrogens (tertiary/aromatic N) is 1. The zero-order valence-electron chi connectivity index (χ0n) is 13.5. The molecule has 0 aliphatic heterocycles. The minimum Gasteiger partial charge on any atom is -0.441 e. The summed E-state index contributed by atoms with van der Waals surface area (Å²) in [5, 5.41) is 6.91. The van der Waals surface area contributed by atoms with Gasteiger partial charge in [0.2, 0.25) is 0 Å². The molecule has 0 atom stereocenters. The monoisotopic (exact) mass is 359 g/mol. The van der Waals surface area contributed by atoms with Crippen LogP contribution in [0, 0.1) is 11.6 Å². The molecule has 1 amide bonds. The van der Waals surface area contributed by atoms with Crippen LogP contribution in [0.1, 0.15) is 11.3 Å². The number of rotatable bonds is 6. The van der Waals surface area contributed by atoms with E-state index >= 15 is 0 Å². The van der Waals surface area contributed by atoms with E-state index in [-0.39, 0.29) is 18.7 Å². The van der Waals surface area contributed by atoms with Crippen LogP contribution in [-0.4, -0.2) is 11.2 Å². The Hall–Kier alpha value is -3.42. The molecular formula is C18H15F2N3O3. The lowest BCUT2D eigenvalue weighted by atomic mass is 10.1. The molecule has 0 aliphatic rings. The summed E-state index contributed by atoms with van der Waals surface area (Å²) in [7, 11) is 0. The van der Waals surface area contributed by atoms with Crippen LogP contribution >= 0.6 is 0 Å².